The molecule has 1 heterocycles. The summed E-state index contributed by atoms with van der Waals surface area (Å²) in [6, 6.07) is 0. The minimum absolute atomic E-state index is 0.0752. The van der Waals surface area contributed by atoms with Crippen molar-refractivity contribution in [3.8, 4) is 5.88 Å². The number of carboxylic acids is 1. The second-order valence-electron chi connectivity index (χ2n) is 2.24. The summed E-state index contributed by atoms with van der Waals surface area (Å²) in [6.07, 6.45) is 1.25. The first-order valence-corrected chi connectivity index (χ1v) is 3.74. The number of nitrogens with zero attached hydrogens (tertiary/aromatic N) is 1. The van der Waals surface area contributed by atoms with Crippen LogP contribution in [0.3, 0.4) is 0 Å². The lowest BCUT2D eigenvalue weighted by Crippen LogP contribution is -2.07. The fourth-order valence-electron chi connectivity index (χ4n) is 0.822. The van der Waals surface area contributed by atoms with Crippen LogP contribution in [0, 0.1) is 4.84 Å². The van der Waals surface area contributed by atoms with E-state index in [2.05, 4.69) is 18.8 Å². The van der Waals surface area contributed by atoms with Gasteiger partial charge in [0.1, 0.15) is 6.54 Å². The Bertz CT molecular complexity index is 403. The maximum Gasteiger partial charge on any atom is 0.323 e. The first kappa shape index (κ1) is 9.53. The number of oxazole rings is 1. The second-order valence-corrected chi connectivity index (χ2v) is 2.59. The molecule has 0 saturated carbocycles. The van der Waals surface area contributed by atoms with E-state index in [-0.39, 0.29) is 16.5 Å². The molecule has 1 aromatic rings. The van der Waals surface area contributed by atoms with Gasteiger partial charge in [-0.15, -0.1) is 0 Å². The third-order valence-electron chi connectivity index (χ3n) is 1.37. The summed E-state index contributed by atoms with van der Waals surface area (Å²) in [5.74, 6) is -1.35. The summed E-state index contributed by atoms with van der Waals surface area (Å²) in [7, 11) is 0. The van der Waals surface area contributed by atoms with Gasteiger partial charge in [0.2, 0.25) is 5.88 Å². The summed E-state index contributed by atoms with van der Waals surface area (Å²) in [5.41, 5.74) is 0. The van der Waals surface area contributed by atoms with E-state index < -0.39 is 12.5 Å². The van der Waals surface area contributed by atoms with Crippen molar-refractivity contribution in [2.75, 3.05) is 0 Å². The van der Waals surface area contributed by atoms with Crippen LogP contribution in [0.25, 0.3) is 6.08 Å². The molecule has 2 N–H and O–H groups in total. The lowest BCUT2D eigenvalue weighted by Gasteiger charge is -1.96. The summed E-state index contributed by atoms with van der Waals surface area (Å²) in [6.45, 7) is 2.94. The number of aromatic nitrogens is 1. The fraction of sp³-hybridized carbons (Fsp3) is 0.143. The van der Waals surface area contributed by atoms with Gasteiger partial charge in [0, 0.05) is 0 Å². The number of hydrogen-bond donors (Lipinski definition) is 2. The minimum Gasteiger partial charge on any atom is -0.492 e. The molecule has 13 heavy (non-hydrogen) atoms. The summed E-state index contributed by atoms with van der Waals surface area (Å²) >= 11 is 4.67. The number of rotatable bonds is 3. The van der Waals surface area contributed by atoms with Crippen LogP contribution in [0.1, 0.15) is 5.76 Å². The molecule has 0 aliphatic carbocycles. The quantitative estimate of drug-likeness (QED) is 0.719. The maximum absolute atomic E-state index is 10.3. The molecule has 5 nitrogen and oxygen atoms in total. The Morgan fingerprint density at radius 1 is 1.77 bits per heavy atom. The highest BCUT2D eigenvalue weighted by atomic mass is 32.1. The third-order valence-corrected chi connectivity index (χ3v) is 1.68. The van der Waals surface area contributed by atoms with Crippen LogP contribution in [0.4, 0.5) is 0 Å². The molecule has 0 atom stereocenters. The van der Waals surface area contributed by atoms with Crippen molar-refractivity contribution in [2.24, 2.45) is 0 Å². The van der Waals surface area contributed by atoms with Crippen LogP contribution in [-0.2, 0) is 11.3 Å². The molecule has 6 heteroatoms. The molecular formula is C7H7NO4S. The second kappa shape index (κ2) is 3.44. The van der Waals surface area contributed by atoms with Gasteiger partial charge in [-0.3, -0.25) is 9.36 Å². The minimum atomic E-state index is -1.11. The molecule has 0 aromatic carbocycles. The van der Waals surface area contributed by atoms with Crippen LogP contribution >= 0.6 is 12.2 Å². The van der Waals surface area contributed by atoms with Crippen molar-refractivity contribution in [2.45, 2.75) is 6.54 Å². The SMILES string of the molecule is C=Cc1oc(=S)n(CC(=O)O)c1O. The van der Waals surface area contributed by atoms with Crippen molar-refractivity contribution < 1.29 is 19.4 Å². The van der Waals surface area contributed by atoms with Gasteiger partial charge in [-0.05, 0) is 18.3 Å². The Morgan fingerprint density at radius 2 is 2.38 bits per heavy atom. The summed E-state index contributed by atoms with van der Waals surface area (Å²) < 4.78 is 5.81. The highest BCUT2D eigenvalue weighted by Gasteiger charge is 2.12. The number of carbonyl (C=O) groups is 1. The molecule has 1 rings (SSSR count). The van der Waals surface area contributed by atoms with Gasteiger partial charge in [0.25, 0.3) is 4.84 Å². The Balaban J connectivity index is 3.20. The molecule has 0 aliphatic heterocycles. The number of carboxylic acid groups (broad SMARTS) is 1. The van der Waals surface area contributed by atoms with Crippen molar-refractivity contribution in [3.63, 3.8) is 0 Å². The Kier molecular flexibility index (Phi) is 2.52. The molecule has 0 unspecified atom stereocenters. The maximum atomic E-state index is 10.3. The van der Waals surface area contributed by atoms with E-state index in [0.717, 1.165) is 4.57 Å². The van der Waals surface area contributed by atoms with Gasteiger partial charge < -0.3 is 14.6 Å². The lowest BCUT2D eigenvalue weighted by molar-refractivity contribution is -0.137. The molecule has 70 valence electrons. The monoisotopic (exact) mass is 201 g/mol. The van der Waals surface area contributed by atoms with Crippen molar-refractivity contribution in [3.05, 3.63) is 17.2 Å². The van der Waals surface area contributed by atoms with Crippen molar-refractivity contribution in [1.29, 1.82) is 0 Å². The van der Waals surface area contributed by atoms with Crippen LogP contribution in [0.15, 0.2) is 11.0 Å². The largest absolute Gasteiger partial charge is 0.492 e. The molecule has 0 radical (unpaired) electrons. The number of hydrogen-bond acceptors (Lipinski definition) is 4. The normalized spacial score (nSPS) is 9.85. The van der Waals surface area contributed by atoms with Crippen molar-refractivity contribution >= 4 is 24.3 Å². The van der Waals surface area contributed by atoms with E-state index in [1.54, 1.807) is 0 Å². The zero-order valence-electron chi connectivity index (χ0n) is 6.56. The van der Waals surface area contributed by atoms with E-state index in [1.807, 2.05) is 0 Å². The summed E-state index contributed by atoms with van der Waals surface area (Å²) in [5, 5.41) is 17.8. The highest BCUT2D eigenvalue weighted by molar-refractivity contribution is 7.71. The van der Waals surface area contributed by atoms with E-state index >= 15 is 0 Å². The molecule has 0 aliphatic rings. The smallest absolute Gasteiger partial charge is 0.323 e. The Morgan fingerprint density at radius 3 is 2.77 bits per heavy atom. The molecular weight excluding hydrogens is 194 g/mol. The first-order valence-electron chi connectivity index (χ1n) is 3.33. The zero-order chi connectivity index (χ0) is 10.0. The lowest BCUT2D eigenvalue weighted by atomic mass is 10.5. The van der Waals surface area contributed by atoms with E-state index in [0.29, 0.717) is 0 Å². The van der Waals surface area contributed by atoms with Gasteiger partial charge in [0.05, 0.1) is 0 Å². The molecule has 0 amide bonds. The molecule has 1 aromatic heterocycles. The van der Waals surface area contributed by atoms with Crippen LogP contribution in [-0.4, -0.2) is 20.7 Å². The van der Waals surface area contributed by atoms with Gasteiger partial charge in [0.15, 0.2) is 5.76 Å². The Labute approximate surface area is 78.5 Å². The zero-order valence-corrected chi connectivity index (χ0v) is 7.37. The molecule has 0 fully saturated rings. The van der Waals surface area contributed by atoms with Gasteiger partial charge in [-0.1, -0.05) is 6.58 Å². The van der Waals surface area contributed by atoms with Gasteiger partial charge in [-0.2, -0.15) is 0 Å². The standard InChI is InChI=1S/C7H7NO4S/c1-2-4-6(11)8(3-5(9)10)7(13)12-4/h2,11H,1,3H2,(H,9,10). The number of aromatic hydroxyl groups is 1. The highest BCUT2D eigenvalue weighted by Crippen LogP contribution is 2.20. The van der Waals surface area contributed by atoms with Crippen LogP contribution in [0.5, 0.6) is 5.88 Å². The topological polar surface area (TPSA) is 75.6 Å². The summed E-state index contributed by atoms with van der Waals surface area (Å²) in [4.78, 5) is 10.2. The average Bonchev–Trinajstić information content (AvgIpc) is 2.31. The first-order chi connectivity index (χ1) is 6.06. The predicted octanol–water partition coefficient (Wildman–Crippen LogP) is 1.24. The van der Waals surface area contributed by atoms with E-state index in [4.69, 9.17) is 9.52 Å². The van der Waals surface area contributed by atoms with E-state index in [9.17, 15) is 9.90 Å². The fourth-order valence-corrected chi connectivity index (χ4v) is 1.06. The Hall–Kier alpha value is -1.56. The van der Waals surface area contributed by atoms with Crippen molar-refractivity contribution in [1.82, 2.24) is 4.57 Å². The number of aliphatic carboxylic acids is 1. The van der Waals surface area contributed by atoms with Gasteiger partial charge >= 0.3 is 5.97 Å². The van der Waals surface area contributed by atoms with Crippen LogP contribution < -0.4 is 0 Å². The van der Waals surface area contributed by atoms with Crippen LogP contribution in [0.2, 0.25) is 0 Å². The third kappa shape index (κ3) is 1.78. The molecule has 0 bridgehead atoms. The predicted molar refractivity (Wildman–Crippen MR) is 46.9 cm³/mol. The molecule has 0 spiro atoms. The average molecular weight is 201 g/mol. The van der Waals surface area contributed by atoms with Gasteiger partial charge in [-0.25, -0.2) is 0 Å². The molecule has 0 saturated heterocycles. The van der Waals surface area contributed by atoms with E-state index in [1.165, 1.54) is 6.08 Å².